The summed E-state index contributed by atoms with van der Waals surface area (Å²) in [6, 6.07) is 11.7. The van der Waals surface area contributed by atoms with Gasteiger partial charge in [-0.05, 0) is 31.2 Å². The van der Waals surface area contributed by atoms with E-state index in [1.54, 1.807) is 6.07 Å². The Bertz CT molecular complexity index is 935. The Morgan fingerprint density at radius 1 is 1.12 bits per heavy atom. The standard InChI is InChI=1S/C18H13F3N2O3/c1-11-5-4-6-12(9-11)16-23-22-15(26-16)10-25-17(24)13-7-2-3-8-14(13)18(19,20)21/h2-9H,10H2,1H3. The number of benzene rings is 2. The summed E-state index contributed by atoms with van der Waals surface area (Å²) < 4.78 is 49.1. The van der Waals surface area contributed by atoms with Gasteiger partial charge in [-0.25, -0.2) is 4.79 Å². The van der Waals surface area contributed by atoms with Crippen molar-refractivity contribution >= 4 is 5.97 Å². The number of ether oxygens (including phenoxy) is 1. The number of rotatable bonds is 4. The van der Waals surface area contributed by atoms with Gasteiger partial charge in [-0.1, -0.05) is 29.8 Å². The molecule has 0 unspecified atom stereocenters. The van der Waals surface area contributed by atoms with E-state index in [2.05, 4.69) is 10.2 Å². The number of alkyl halides is 3. The summed E-state index contributed by atoms with van der Waals surface area (Å²) in [5.41, 5.74) is 0.0596. The quantitative estimate of drug-likeness (QED) is 0.643. The topological polar surface area (TPSA) is 65.2 Å². The third-order valence-corrected chi connectivity index (χ3v) is 3.51. The van der Waals surface area contributed by atoms with Crippen molar-refractivity contribution in [1.29, 1.82) is 0 Å². The largest absolute Gasteiger partial charge is 0.452 e. The Morgan fingerprint density at radius 3 is 2.62 bits per heavy atom. The van der Waals surface area contributed by atoms with Crippen LogP contribution in [0.15, 0.2) is 52.9 Å². The SMILES string of the molecule is Cc1cccc(-c2nnc(COC(=O)c3ccccc3C(F)(F)F)o2)c1. The second-order valence-electron chi connectivity index (χ2n) is 5.49. The van der Waals surface area contributed by atoms with Crippen molar-refractivity contribution in [2.75, 3.05) is 0 Å². The number of halogens is 3. The van der Waals surface area contributed by atoms with Gasteiger partial charge in [-0.3, -0.25) is 0 Å². The molecule has 26 heavy (non-hydrogen) atoms. The van der Waals surface area contributed by atoms with Crippen LogP contribution in [0.1, 0.15) is 27.4 Å². The summed E-state index contributed by atoms with van der Waals surface area (Å²) in [6.45, 7) is 1.48. The van der Waals surface area contributed by atoms with Gasteiger partial charge in [0.15, 0.2) is 6.61 Å². The van der Waals surface area contributed by atoms with Gasteiger partial charge in [0, 0.05) is 5.56 Å². The molecule has 3 aromatic rings. The third kappa shape index (κ3) is 3.90. The van der Waals surface area contributed by atoms with Crippen LogP contribution in [0.4, 0.5) is 13.2 Å². The molecule has 8 heteroatoms. The smallest absolute Gasteiger partial charge is 0.417 e. The molecule has 0 bridgehead atoms. The van der Waals surface area contributed by atoms with Gasteiger partial charge in [0.25, 0.3) is 5.89 Å². The molecular weight excluding hydrogens is 349 g/mol. The van der Waals surface area contributed by atoms with Crippen LogP contribution in [-0.4, -0.2) is 16.2 Å². The van der Waals surface area contributed by atoms with Gasteiger partial charge in [0.2, 0.25) is 5.89 Å². The minimum atomic E-state index is -4.65. The molecule has 5 nitrogen and oxygen atoms in total. The minimum Gasteiger partial charge on any atom is -0.452 e. The average Bonchev–Trinajstić information content (AvgIpc) is 3.08. The average molecular weight is 362 g/mol. The minimum absolute atomic E-state index is 0.0145. The van der Waals surface area contributed by atoms with Gasteiger partial charge in [0.1, 0.15) is 0 Å². The van der Waals surface area contributed by atoms with Crippen LogP contribution in [0.5, 0.6) is 0 Å². The zero-order chi connectivity index (χ0) is 18.7. The Hall–Kier alpha value is -3.16. The van der Waals surface area contributed by atoms with Crippen LogP contribution in [0.2, 0.25) is 0 Å². The highest BCUT2D eigenvalue weighted by Crippen LogP contribution is 2.32. The maximum absolute atomic E-state index is 12.9. The van der Waals surface area contributed by atoms with E-state index < -0.39 is 29.9 Å². The molecule has 0 aliphatic heterocycles. The second-order valence-corrected chi connectivity index (χ2v) is 5.49. The molecule has 0 fully saturated rings. The number of aromatic nitrogens is 2. The molecule has 3 rings (SSSR count). The van der Waals surface area contributed by atoms with Crippen molar-refractivity contribution in [1.82, 2.24) is 10.2 Å². The summed E-state index contributed by atoms with van der Waals surface area (Å²) in [4.78, 5) is 12.0. The highest BCUT2D eigenvalue weighted by Gasteiger charge is 2.35. The highest BCUT2D eigenvalue weighted by atomic mass is 19.4. The Balaban J connectivity index is 1.72. The van der Waals surface area contributed by atoms with E-state index >= 15 is 0 Å². The first kappa shape index (κ1) is 17.7. The lowest BCUT2D eigenvalue weighted by Crippen LogP contribution is -2.15. The number of carbonyl (C=O) groups excluding carboxylic acids is 1. The lowest BCUT2D eigenvalue weighted by Gasteiger charge is -2.11. The molecule has 0 atom stereocenters. The first-order chi connectivity index (χ1) is 12.3. The number of hydrogen-bond donors (Lipinski definition) is 0. The van der Waals surface area contributed by atoms with Crippen LogP contribution in [-0.2, 0) is 17.5 Å². The van der Waals surface area contributed by atoms with Gasteiger partial charge in [-0.15, -0.1) is 10.2 Å². The van der Waals surface area contributed by atoms with Gasteiger partial charge in [0.05, 0.1) is 11.1 Å². The van der Waals surface area contributed by atoms with Gasteiger partial charge in [-0.2, -0.15) is 13.2 Å². The molecule has 1 aromatic heterocycles. The lowest BCUT2D eigenvalue weighted by molar-refractivity contribution is -0.138. The summed E-state index contributed by atoms with van der Waals surface area (Å²) >= 11 is 0. The molecule has 134 valence electrons. The Kier molecular flexibility index (Phi) is 4.75. The fourth-order valence-corrected chi connectivity index (χ4v) is 2.32. The number of aryl methyl sites for hydroxylation is 1. The van der Waals surface area contributed by atoms with Crippen LogP contribution < -0.4 is 0 Å². The molecule has 0 aliphatic carbocycles. The maximum Gasteiger partial charge on any atom is 0.417 e. The van der Waals surface area contributed by atoms with E-state index in [4.69, 9.17) is 9.15 Å². The molecule has 0 radical (unpaired) electrons. The first-order valence-corrected chi connectivity index (χ1v) is 7.57. The van der Waals surface area contributed by atoms with Crippen LogP contribution in [0, 0.1) is 6.92 Å². The summed E-state index contributed by atoms with van der Waals surface area (Å²) in [7, 11) is 0. The van der Waals surface area contributed by atoms with Gasteiger partial charge >= 0.3 is 12.1 Å². The molecule has 0 aliphatic rings. The molecule has 0 spiro atoms. The van der Waals surface area contributed by atoms with Crippen LogP contribution >= 0.6 is 0 Å². The van der Waals surface area contributed by atoms with E-state index in [1.807, 2.05) is 25.1 Å². The molecule has 0 amide bonds. The predicted octanol–water partition coefficient (Wildman–Crippen LogP) is 4.42. The lowest BCUT2D eigenvalue weighted by atomic mass is 10.1. The normalized spacial score (nSPS) is 11.4. The van der Waals surface area contributed by atoms with Crippen molar-refractivity contribution in [3.8, 4) is 11.5 Å². The molecular formula is C18H13F3N2O3. The molecule has 0 N–H and O–H groups in total. The first-order valence-electron chi connectivity index (χ1n) is 7.57. The fourth-order valence-electron chi connectivity index (χ4n) is 2.32. The Labute approximate surface area is 146 Å². The second kappa shape index (κ2) is 6.99. The van der Waals surface area contributed by atoms with Crippen LogP contribution in [0.25, 0.3) is 11.5 Å². The molecule has 0 saturated heterocycles. The van der Waals surface area contributed by atoms with E-state index in [9.17, 15) is 18.0 Å². The summed E-state index contributed by atoms with van der Waals surface area (Å²) in [5.74, 6) is -0.900. The molecule has 2 aromatic carbocycles. The fraction of sp³-hybridized carbons (Fsp3) is 0.167. The van der Waals surface area contributed by atoms with Crippen molar-refractivity contribution < 1.29 is 27.1 Å². The predicted molar refractivity (Wildman–Crippen MR) is 85.0 cm³/mol. The number of carbonyl (C=O) groups is 1. The molecule has 1 heterocycles. The zero-order valence-corrected chi connectivity index (χ0v) is 13.6. The van der Waals surface area contributed by atoms with E-state index in [0.29, 0.717) is 5.56 Å². The van der Waals surface area contributed by atoms with Crippen molar-refractivity contribution in [2.24, 2.45) is 0 Å². The van der Waals surface area contributed by atoms with E-state index in [-0.39, 0.29) is 11.8 Å². The number of esters is 1. The van der Waals surface area contributed by atoms with E-state index in [0.717, 1.165) is 17.7 Å². The van der Waals surface area contributed by atoms with Crippen molar-refractivity contribution in [3.05, 3.63) is 71.1 Å². The maximum atomic E-state index is 12.9. The third-order valence-electron chi connectivity index (χ3n) is 3.51. The summed E-state index contributed by atoms with van der Waals surface area (Å²) in [6.07, 6.45) is -4.65. The van der Waals surface area contributed by atoms with Crippen molar-refractivity contribution in [2.45, 2.75) is 19.7 Å². The monoisotopic (exact) mass is 362 g/mol. The van der Waals surface area contributed by atoms with Gasteiger partial charge < -0.3 is 9.15 Å². The zero-order valence-electron chi connectivity index (χ0n) is 13.6. The van der Waals surface area contributed by atoms with Crippen LogP contribution in [0.3, 0.4) is 0 Å². The van der Waals surface area contributed by atoms with E-state index in [1.165, 1.54) is 12.1 Å². The molecule has 0 saturated carbocycles. The number of hydrogen-bond acceptors (Lipinski definition) is 5. The Morgan fingerprint density at radius 2 is 1.88 bits per heavy atom. The summed E-state index contributed by atoms with van der Waals surface area (Å²) in [5, 5.41) is 7.59. The highest BCUT2D eigenvalue weighted by molar-refractivity contribution is 5.91. The number of nitrogens with zero attached hydrogens (tertiary/aromatic N) is 2. The van der Waals surface area contributed by atoms with Crippen molar-refractivity contribution in [3.63, 3.8) is 0 Å².